The lowest BCUT2D eigenvalue weighted by molar-refractivity contribution is -0.136. The molecule has 0 saturated heterocycles. The lowest BCUT2D eigenvalue weighted by atomic mass is 10.2. The fraction of sp³-hybridized carbons (Fsp3) is 0.200. The van der Waals surface area contributed by atoms with Crippen LogP contribution in [0.2, 0.25) is 5.02 Å². The van der Waals surface area contributed by atoms with Crippen molar-refractivity contribution in [3.63, 3.8) is 0 Å². The topological polar surface area (TPSA) is 55.4 Å². The molecule has 1 N–H and O–H groups in total. The minimum Gasteiger partial charge on any atom is -0.497 e. The van der Waals surface area contributed by atoms with E-state index in [1.54, 1.807) is 0 Å². The molecule has 0 aliphatic carbocycles. The Labute approximate surface area is 142 Å². The van der Waals surface area contributed by atoms with E-state index >= 15 is 0 Å². The number of anilines is 1. The summed E-state index contributed by atoms with van der Waals surface area (Å²) >= 11 is 5.58. The van der Waals surface area contributed by atoms with Crippen LogP contribution in [0.3, 0.4) is 0 Å². The highest BCUT2D eigenvalue weighted by Crippen LogP contribution is 2.37. The Morgan fingerprint density at radius 2 is 1.79 bits per heavy atom. The second-order valence-electron chi connectivity index (χ2n) is 4.92. The quantitative estimate of drug-likeness (QED) is 0.852. The number of ether oxygens (including phenoxy) is 1. The van der Waals surface area contributed by atoms with Gasteiger partial charge in [0.2, 0.25) is 0 Å². The Balaban J connectivity index is 2.47. The van der Waals surface area contributed by atoms with Crippen LogP contribution in [0, 0.1) is 6.92 Å². The Kier molecular flexibility index (Phi) is 5.00. The van der Waals surface area contributed by atoms with Gasteiger partial charge in [0.15, 0.2) is 0 Å². The molecule has 0 bridgehead atoms. The van der Waals surface area contributed by atoms with E-state index in [0.29, 0.717) is 17.4 Å². The van der Waals surface area contributed by atoms with Crippen molar-refractivity contribution >= 4 is 27.3 Å². The second kappa shape index (κ2) is 6.52. The van der Waals surface area contributed by atoms with Gasteiger partial charge in [-0.1, -0.05) is 11.6 Å². The zero-order chi connectivity index (χ0) is 18.1. The molecule has 0 aliphatic rings. The molecule has 0 spiro atoms. The Morgan fingerprint density at radius 1 is 1.12 bits per heavy atom. The summed E-state index contributed by atoms with van der Waals surface area (Å²) in [6.45, 7) is 1.52. The number of hydrogen-bond acceptors (Lipinski definition) is 3. The second-order valence-corrected chi connectivity index (χ2v) is 7.01. The SMILES string of the molecule is COc1ccc(S(=O)(=O)Nc2ccc(Cl)cc2C(F)(F)F)c(C)c1. The first-order valence-electron chi connectivity index (χ1n) is 6.59. The zero-order valence-electron chi connectivity index (χ0n) is 12.6. The summed E-state index contributed by atoms with van der Waals surface area (Å²) in [5.74, 6) is 0.439. The predicted molar refractivity (Wildman–Crippen MR) is 85.0 cm³/mol. The minimum absolute atomic E-state index is 0.147. The van der Waals surface area contributed by atoms with E-state index in [1.807, 2.05) is 4.72 Å². The fourth-order valence-electron chi connectivity index (χ4n) is 2.09. The van der Waals surface area contributed by atoms with Gasteiger partial charge >= 0.3 is 6.18 Å². The lowest BCUT2D eigenvalue weighted by Crippen LogP contribution is -2.18. The van der Waals surface area contributed by atoms with Gasteiger partial charge in [0.1, 0.15) is 5.75 Å². The van der Waals surface area contributed by atoms with Crippen molar-refractivity contribution in [2.75, 3.05) is 11.8 Å². The number of hydrogen-bond donors (Lipinski definition) is 1. The van der Waals surface area contributed by atoms with Gasteiger partial charge in [-0.25, -0.2) is 8.42 Å². The van der Waals surface area contributed by atoms with Crippen LogP contribution in [0.15, 0.2) is 41.3 Å². The van der Waals surface area contributed by atoms with Crippen molar-refractivity contribution in [1.82, 2.24) is 0 Å². The standard InChI is InChI=1S/C15H13ClF3NO3S/c1-9-7-11(23-2)4-6-14(9)24(21,22)20-13-5-3-10(16)8-12(13)15(17,18)19/h3-8,20H,1-2H3. The van der Waals surface area contributed by atoms with Crippen molar-refractivity contribution in [3.05, 3.63) is 52.5 Å². The maximum absolute atomic E-state index is 13.1. The molecule has 130 valence electrons. The number of nitrogens with one attached hydrogen (secondary N) is 1. The molecule has 2 rings (SSSR count). The van der Waals surface area contributed by atoms with E-state index in [9.17, 15) is 21.6 Å². The number of benzene rings is 2. The number of aryl methyl sites for hydroxylation is 1. The van der Waals surface area contributed by atoms with E-state index in [1.165, 1.54) is 38.3 Å². The first-order valence-corrected chi connectivity index (χ1v) is 8.45. The van der Waals surface area contributed by atoms with Gasteiger partial charge in [0, 0.05) is 5.02 Å². The predicted octanol–water partition coefficient (Wildman–Crippen LogP) is 4.48. The normalized spacial score (nSPS) is 12.1. The molecule has 0 heterocycles. The molecule has 2 aromatic carbocycles. The van der Waals surface area contributed by atoms with Gasteiger partial charge in [-0.3, -0.25) is 4.72 Å². The number of rotatable bonds is 4. The highest BCUT2D eigenvalue weighted by molar-refractivity contribution is 7.92. The van der Waals surface area contributed by atoms with Crippen LogP contribution in [0.25, 0.3) is 0 Å². The van der Waals surface area contributed by atoms with Crippen LogP contribution in [0.1, 0.15) is 11.1 Å². The van der Waals surface area contributed by atoms with Crippen LogP contribution < -0.4 is 9.46 Å². The Bertz CT molecular complexity index is 867. The summed E-state index contributed by atoms with van der Waals surface area (Å²) < 4.78 is 71.0. The summed E-state index contributed by atoms with van der Waals surface area (Å²) in [7, 11) is -2.79. The molecule has 24 heavy (non-hydrogen) atoms. The van der Waals surface area contributed by atoms with Gasteiger partial charge in [-0.2, -0.15) is 13.2 Å². The van der Waals surface area contributed by atoms with Crippen molar-refractivity contribution in [1.29, 1.82) is 0 Å². The van der Waals surface area contributed by atoms with Gasteiger partial charge in [0.25, 0.3) is 10.0 Å². The monoisotopic (exact) mass is 379 g/mol. The molecule has 9 heteroatoms. The Hall–Kier alpha value is -1.93. The van der Waals surface area contributed by atoms with Gasteiger partial charge in [-0.15, -0.1) is 0 Å². The molecule has 0 aliphatic heterocycles. The molecular formula is C15H13ClF3NO3S. The highest BCUT2D eigenvalue weighted by Gasteiger charge is 2.35. The third-order valence-corrected chi connectivity index (χ3v) is 4.96. The lowest BCUT2D eigenvalue weighted by Gasteiger charge is -2.16. The van der Waals surface area contributed by atoms with E-state index in [-0.39, 0.29) is 9.92 Å². The number of halogens is 4. The summed E-state index contributed by atoms with van der Waals surface area (Å²) in [5.41, 5.74) is -1.42. The summed E-state index contributed by atoms with van der Waals surface area (Å²) in [6.07, 6.45) is -4.75. The number of methoxy groups -OCH3 is 1. The first-order chi connectivity index (χ1) is 11.0. The van der Waals surface area contributed by atoms with Gasteiger partial charge < -0.3 is 4.74 Å². The average molecular weight is 380 g/mol. The average Bonchev–Trinajstić information content (AvgIpc) is 2.47. The molecule has 0 radical (unpaired) electrons. The van der Waals surface area contributed by atoms with Crippen LogP contribution in [-0.2, 0) is 16.2 Å². The smallest absolute Gasteiger partial charge is 0.418 e. The van der Waals surface area contributed by atoms with Crippen molar-refractivity contribution in [2.45, 2.75) is 18.0 Å². The van der Waals surface area contributed by atoms with Crippen LogP contribution in [0.4, 0.5) is 18.9 Å². The van der Waals surface area contributed by atoms with Crippen LogP contribution in [0.5, 0.6) is 5.75 Å². The van der Waals surface area contributed by atoms with E-state index < -0.39 is 27.5 Å². The van der Waals surface area contributed by atoms with Crippen molar-refractivity contribution in [2.24, 2.45) is 0 Å². The molecule has 0 unspecified atom stereocenters. The fourth-order valence-corrected chi connectivity index (χ4v) is 3.57. The highest BCUT2D eigenvalue weighted by atomic mass is 35.5. The molecule has 0 amide bonds. The van der Waals surface area contributed by atoms with Crippen molar-refractivity contribution < 1.29 is 26.3 Å². The maximum Gasteiger partial charge on any atom is 0.418 e. The molecule has 0 saturated carbocycles. The largest absolute Gasteiger partial charge is 0.497 e. The number of alkyl halides is 3. The number of sulfonamides is 1. The van der Waals surface area contributed by atoms with Gasteiger partial charge in [-0.05, 0) is 48.9 Å². The first kappa shape index (κ1) is 18.4. The molecule has 0 aromatic heterocycles. The van der Waals surface area contributed by atoms with E-state index in [4.69, 9.17) is 16.3 Å². The molecular weight excluding hydrogens is 367 g/mol. The molecule has 0 fully saturated rings. The maximum atomic E-state index is 13.1. The van der Waals surface area contributed by atoms with E-state index in [2.05, 4.69) is 0 Å². The van der Waals surface area contributed by atoms with Crippen LogP contribution >= 0.6 is 11.6 Å². The third kappa shape index (κ3) is 3.93. The minimum atomic E-state index is -4.75. The summed E-state index contributed by atoms with van der Waals surface area (Å²) in [4.78, 5) is -0.147. The Morgan fingerprint density at radius 3 is 2.33 bits per heavy atom. The third-order valence-electron chi connectivity index (χ3n) is 3.20. The van der Waals surface area contributed by atoms with Crippen LogP contribution in [-0.4, -0.2) is 15.5 Å². The zero-order valence-corrected chi connectivity index (χ0v) is 14.2. The molecule has 2 aromatic rings. The molecule has 0 atom stereocenters. The van der Waals surface area contributed by atoms with E-state index in [0.717, 1.165) is 6.07 Å². The van der Waals surface area contributed by atoms with Gasteiger partial charge in [0.05, 0.1) is 23.3 Å². The summed E-state index contributed by atoms with van der Waals surface area (Å²) in [6, 6.07) is 6.96. The molecule has 4 nitrogen and oxygen atoms in total. The summed E-state index contributed by atoms with van der Waals surface area (Å²) in [5, 5.41) is -0.147. The van der Waals surface area contributed by atoms with Crippen molar-refractivity contribution in [3.8, 4) is 5.75 Å².